The number of fused-ring (bicyclic) bond motifs is 5. The van der Waals surface area contributed by atoms with Gasteiger partial charge in [0.2, 0.25) is 0 Å². The summed E-state index contributed by atoms with van der Waals surface area (Å²) in [5.74, 6) is 3.04. The van der Waals surface area contributed by atoms with Crippen LogP contribution in [0.1, 0.15) is 124 Å². The molecule has 0 aromatic carbocycles. The van der Waals surface area contributed by atoms with Crippen molar-refractivity contribution in [2.45, 2.75) is 130 Å². The third-order valence-corrected chi connectivity index (χ3v) is 11.9. The van der Waals surface area contributed by atoms with Crippen LogP contribution in [0.5, 0.6) is 0 Å². The number of rotatable bonds is 5. The SMILES string of the molecule is CCCC(C)[C@]1(OC(=O)C2CCCCC2)CC[C@H]2[C@@H]3CCC4=CC(=O)CC[C@]4(C)[C@H]3CC[C@@]21C. The summed E-state index contributed by atoms with van der Waals surface area (Å²) in [5.41, 5.74) is 1.43. The normalized spacial score (nSPS) is 43.4. The molecule has 7 atom stereocenters. The van der Waals surface area contributed by atoms with Gasteiger partial charge in [0.25, 0.3) is 0 Å². The summed E-state index contributed by atoms with van der Waals surface area (Å²) in [6.45, 7) is 9.64. The molecule has 0 aliphatic heterocycles. The first kappa shape index (κ1) is 24.6. The molecule has 0 N–H and O–H groups in total. The van der Waals surface area contributed by atoms with Crippen LogP contribution < -0.4 is 0 Å². The highest BCUT2D eigenvalue weighted by atomic mass is 16.6. The van der Waals surface area contributed by atoms with Gasteiger partial charge in [-0.3, -0.25) is 9.59 Å². The van der Waals surface area contributed by atoms with Crippen molar-refractivity contribution in [2.24, 2.45) is 40.4 Å². The summed E-state index contributed by atoms with van der Waals surface area (Å²) in [6.07, 6.45) is 18.7. The fourth-order valence-electron chi connectivity index (χ4n) is 9.94. The number of esters is 1. The summed E-state index contributed by atoms with van der Waals surface area (Å²) in [7, 11) is 0. The van der Waals surface area contributed by atoms with E-state index in [2.05, 4.69) is 27.7 Å². The molecule has 0 heterocycles. The molecule has 5 aliphatic carbocycles. The third-order valence-electron chi connectivity index (χ3n) is 11.9. The number of carbonyl (C=O) groups is 2. The van der Waals surface area contributed by atoms with Crippen LogP contribution in [0.2, 0.25) is 0 Å². The zero-order valence-corrected chi connectivity index (χ0v) is 22.3. The van der Waals surface area contributed by atoms with Crippen LogP contribution in [0, 0.1) is 40.4 Å². The van der Waals surface area contributed by atoms with Crippen molar-refractivity contribution in [2.75, 3.05) is 0 Å². The second-order valence-corrected chi connectivity index (χ2v) is 13.3. The summed E-state index contributed by atoms with van der Waals surface area (Å²) in [6, 6.07) is 0. The summed E-state index contributed by atoms with van der Waals surface area (Å²) in [5, 5.41) is 0. The van der Waals surface area contributed by atoms with E-state index < -0.39 is 0 Å². The van der Waals surface area contributed by atoms with Crippen molar-refractivity contribution in [3.05, 3.63) is 11.6 Å². The fourth-order valence-corrected chi connectivity index (χ4v) is 9.94. The van der Waals surface area contributed by atoms with Gasteiger partial charge in [-0.25, -0.2) is 0 Å². The largest absolute Gasteiger partial charge is 0.458 e. The molecule has 4 saturated carbocycles. The molecule has 34 heavy (non-hydrogen) atoms. The Bertz CT molecular complexity index is 838. The molecule has 4 fully saturated rings. The number of ether oxygens (including phenoxy) is 1. The standard InChI is InChI=1S/C31H48O3/c1-5-9-21(2)31(34-28(33)22-10-7-6-8-11-22)19-16-27-25-13-12-23-20-24(32)14-17-29(23,3)26(25)15-18-30(27,31)4/h20-22,25-27H,5-19H2,1-4H3/t21?,25-,26+,27+,29+,30+,31-/m1/s1. The van der Waals surface area contributed by atoms with Gasteiger partial charge in [-0.05, 0) is 99.4 Å². The monoisotopic (exact) mass is 468 g/mol. The van der Waals surface area contributed by atoms with E-state index in [0.29, 0.717) is 29.5 Å². The Morgan fingerprint density at radius 2 is 1.74 bits per heavy atom. The van der Waals surface area contributed by atoms with Gasteiger partial charge >= 0.3 is 5.97 Å². The van der Waals surface area contributed by atoms with Crippen LogP contribution in [-0.2, 0) is 14.3 Å². The first-order valence-electron chi connectivity index (χ1n) is 14.7. The maximum atomic E-state index is 13.6. The van der Waals surface area contributed by atoms with E-state index in [4.69, 9.17) is 4.74 Å². The predicted molar refractivity (Wildman–Crippen MR) is 136 cm³/mol. The van der Waals surface area contributed by atoms with Gasteiger partial charge in [-0.1, -0.05) is 59.0 Å². The molecule has 0 bridgehead atoms. The van der Waals surface area contributed by atoms with Gasteiger partial charge in [0.15, 0.2) is 5.78 Å². The van der Waals surface area contributed by atoms with Crippen molar-refractivity contribution < 1.29 is 14.3 Å². The second-order valence-electron chi connectivity index (χ2n) is 13.3. The lowest BCUT2D eigenvalue weighted by molar-refractivity contribution is -0.203. The Kier molecular flexibility index (Phi) is 6.56. The molecule has 0 saturated heterocycles. The van der Waals surface area contributed by atoms with Gasteiger partial charge < -0.3 is 4.74 Å². The lowest BCUT2D eigenvalue weighted by Crippen LogP contribution is -2.58. The summed E-state index contributed by atoms with van der Waals surface area (Å²) < 4.78 is 6.86. The van der Waals surface area contributed by atoms with E-state index in [1.807, 2.05) is 6.08 Å². The highest BCUT2D eigenvalue weighted by molar-refractivity contribution is 5.91. The number of allylic oxidation sites excluding steroid dienone is 1. The van der Waals surface area contributed by atoms with Crippen molar-refractivity contribution >= 4 is 11.8 Å². The summed E-state index contributed by atoms with van der Waals surface area (Å²) >= 11 is 0. The molecule has 0 spiro atoms. The van der Waals surface area contributed by atoms with E-state index in [0.717, 1.165) is 51.4 Å². The maximum Gasteiger partial charge on any atom is 0.309 e. The molecule has 3 nitrogen and oxygen atoms in total. The van der Waals surface area contributed by atoms with Crippen molar-refractivity contribution in [3.63, 3.8) is 0 Å². The Morgan fingerprint density at radius 3 is 2.47 bits per heavy atom. The molecular weight excluding hydrogens is 420 g/mol. The maximum absolute atomic E-state index is 13.6. The number of hydrogen-bond acceptors (Lipinski definition) is 3. The smallest absolute Gasteiger partial charge is 0.309 e. The molecule has 0 radical (unpaired) electrons. The highest BCUT2D eigenvalue weighted by Gasteiger charge is 2.67. The molecule has 5 aliphatic rings. The van der Waals surface area contributed by atoms with Gasteiger partial charge in [-0.2, -0.15) is 0 Å². The van der Waals surface area contributed by atoms with Crippen LogP contribution in [0.15, 0.2) is 11.6 Å². The average molecular weight is 469 g/mol. The van der Waals surface area contributed by atoms with Crippen LogP contribution in [0.3, 0.4) is 0 Å². The van der Waals surface area contributed by atoms with Crippen LogP contribution >= 0.6 is 0 Å². The van der Waals surface area contributed by atoms with Gasteiger partial charge in [0.1, 0.15) is 5.60 Å². The number of hydrogen-bond donors (Lipinski definition) is 0. The topological polar surface area (TPSA) is 43.4 Å². The van der Waals surface area contributed by atoms with Gasteiger partial charge in [0.05, 0.1) is 5.92 Å². The average Bonchev–Trinajstić information content (AvgIpc) is 3.13. The third kappa shape index (κ3) is 3.65. The fraction of sp³-hybridized carbons (Fsp3) is 0.871. The first-order valence-corrected chi connectivity index (χ1v) is 14.7. The predicted octanol–water partition coefficient (Wildman–Crippen LogP) is 7.82. The van der Waals surface area contributed by atoms with E-state index in [1.54, 1.807) is 0 Å². The molecule has 190 valence electrons. The highest BCUT2D eigenvalue weighted by Crippen LogP contribution is 2.69. The van der Waals surface area contributed by atoms with E-state index in [-0.39, 0.29) is 28.3 Å². The van der Waals surface area contributed by atoms with Crippen LogP contribution in [-0.4, -0.2) is 17.4 Å². The lowest BCUT2D eigenvalue weighted by atomic mass is 9.45. The van der Waals surface area contributed by atoms with Crippen LogP contribution in [0.25, 0.3) is 0 Å². The lowest BCUT2D eigenvalue weighted by Gasteiger charge is -2.60. The van der Waals surface area contributed by atoms with Crippen molar-refractivity contribution in [1.82, 2.24) is 0 Å². The van der Waals surface area contributed by atoms with Crippen molar-refractivity contribution in [3.8, 4) is 0 Å². The molecule has 0 aromatic heterocycles. The number of carbonyl (C=O) groups excluding carboxylic acids is 2. The van der Waals surface area contributed by atoms with E-state index in [1.165, 1.54) is 50.5 Å². The Balaban J connectivity index is 1.45. The minimum absolute atomic E-state index is 0.0785. The Labute approximate surface area is 207 Å². The first-order chi connectivity index (χ1) is 16.2. The van der Waals surface area contributed by atoms with E-state index in [9.17, 15) is 9.59 Å². The molecule has 1 unspecified atom stereocenters. The minimum Gasteiger partial charge on any atom is -0.458 e. The number of ketones is 1. The Morgan fingerprint density at radius 1 is 1.00 bits per heavy atom. The minimum atomic E-state index is -0.299. The van der Waals surface area contributed by atoms with Crippen LogP contribution in [0.4, 0.5) is 0 Å². The Hall–Kier alpha value is -1.12. The molecule has 5 rings (SSSR count). The quantitative estimate of drug-likeness (QED) is 0.386. The molecule has 0 amide bonds. The van der Waals surface area contributed by atoms with E-state index >= 15 is 0 Å². The second kappa shape index (κ2) is 9.07. The zero-order valence-electron chi connectivity index (χ0n) is 22.3. The molecule has 3 heteroatoms. The van der Waals surface area contributed by atoms with Crippen molar-refractivity contribution in [1.29, 1.82) is 0 Å². The van der Waals surface area contributed by atoms with Gasteiger partial charge in [0, 0.05) is 11.8 Å². The zero-order chi connectivity index (χ0) is 24.1. The molecule has 0 aromatic rings. The van der Waals surface area contributed by atoms with Gasteiger partial charge in [-0.15, -0.1) is 0 Å². The summed E-state index contributed by atoms with van der Waals surface area (Å²) in [4.78, 5) is 25.8. The molecular formula is C31H48O3.